The van der Waals surface area contributed by atoms with E-state index in [0.717, 1.165) is 12.8 Å². The van der Waals surface area contributed by atoms with Crippen LogP contribution in [0.2, 0.25) is 0 Å². The van der Waals surface area contributed by atoms with Gasteiger partial charge in [0.05, 0.1) is 6.42 Å². The van der Waals surface area contributed by atoms with Gasteiger partial charge in [-0.2, -0.15) is 0 Å². The van der Waals surface area contributed by atoms with Gasteiger partial charge in [-0.05, 0) is 65.2 Å². The summed E-state index contributed by atoms with van der Waals surface area (Å²) in [6, 6.07) is 6.29. The lowest BCUT2D eigenvalue weighted by Gasteiger charge is -2.24. The summed E-state index contributed by atoms with van der Waals surface area (Å²) >= 11 is 2.28. The van der Waals surface area contributed by atoms with E-state index in [1.807, 2.05) is 0 Å². The van der Waals surface area contributed by atoms with Crippen molar-refractivity contribution in [3.05, 3.63) is 32.9 Å². The Bertz CT molecular complexity index is 433. The Hall–Kier alpha value is -0.620. The third-order valence-electron chi connectivity index (χ3n) is 3.26. The molecule has 3 nitrogen and oxygen atoms in total. The normalized spacial score (nSPS) is 23.1. The lowest BCUT2D eigenvalue weighted by atomic mass is 9.81. The Balaban J connectivity index is 2.28. The fraction of sp³-hybridized carbons (Fsp3) is 0.417. The molecule has 1 aromatic rings. The smallest absolute Gasteiger partial charge is 0.303 e. The molecule has 1 atom stereocenters. The topological polar surface area (TPSA) is 63.3 Å². The van der Waals surface area contributed by atoms with E-state index >= 15 is 0 Å². The highest BCUT2D eigenvalue weighted by molar-refractivity contribution is 14.1. The molecule has 0 amide bonds. The van der Waals surface area contributed by atoms with Gasteiger partial charge in [-0.3, -0.25) is 4.79 Å². The van der Waals surface area contributed by atoms with Crippen LogP contribution >= 0.6 is 22.6 Å². The van der Waals surface area contributed by atoms with Crippen LogP contribution in [-0.2, 0) is 17.6 Å². The fourth-order valence-electron chi connectivity index (χ4n) is 2.46. The largest absolute Gasteiger partial charge is 0.481 e. The second kappa shape index (κ2) is 4.33. The zero-order valence-corrected chi connectivity index (χ0v) is 11.0. The van der Waals surface area contributed by atoms with Crippen molar-refractivity contribution >= 4 is 28.6 Å². The molecule has 0 aromatic heterocycles. The Labute approximate surface area is 108 Å². The molecule has 2 rings (SSSR count). The number of nitrogens with two attached hydrogens (primary N) is 1. The lowest BCUT2D eigenvalue weighted by molar-refractivity contribution is -0.139. The molecule has 0 spiro atoms. The van der Waals surface area contributed by atoms with E-state index in [1.54, 1.807) is 0 Å². The van der Waals surface area contributed by atoms with Crippen molar-refractivity contribution in [2.24, 2.45) is 11.1 Å². The number of fused-ring (bicyclic) bond motifs is 1. The van der Waals surface area contributed by atoms with Crippen LogP contribution < -0.4 is 5.73 Å². The van der Waals surface area contributed by atoms with Crippen LogP contribution in [0.5, 0.6) is 0 Å². The molecule has 0 aliphatic heterocycles. The van der Waals surface area contributed by atoms with Gasteiger partial charge < -0.3 is 10.8 Å². The third kappa shape index (κ3) is 2.22. The first-order valence-electron chi connectivity index (χ1n) is 5.24. The predicted octanol–water partition coefficient (Wildman–Crippen LogP) is 1.81. The Morgan fingerprint density at radius 2 is 2.12 bits per heavy atom. The molecule has 0 bridgehead atoms. The van der Waals surface area contributed by atoms with Crippen molar-refractivity contribution in [3.63, 3.8) is 0 Å². The number of hydrogen-bond donors (Lipinski definition) is 2. The highest BCUT2D eigenvalue weighted by Crippen LogP contribution is 2.39. The molecule has 1 aliphatic rings. The van der Waals surface area contributed by atoms with Gasteiger partial charge in [0.2, 0.25) is 0 Å². The van der Waals surface area contributed by atoms with Crippen molar-refractivity contribution in [3.8, 4) is 0 Å². The number of hydrogen-bond acceptors (Lipinski definition) is 2. The van der Waals surface area contributed by atoms with Gasteiger partial charge in [0, 0.05) is 8.99 Å². The molecule has 86 valence electrons. The summed E-state index contributed by atoms with van der Waals surface area (Å²) in [5.41, 5.74) is 8.02. The van der Waals surface area contributed by atoms with E-state index in [-0.39, 0.29) is 11.8 Å². The number of aliphatic carboxylic acids is 1. The highest BCUT2D eigenvalue weighted by atomic mass is 127. The van der Waals surface area contributed by atoms with Crippen LogP contribution in [0.15, 0.2) is 18.2 Å². The second-order valence-corrected chi connectivity index (χ2v) is 5.79. The van der Waals surface area contributed by atoms with E-state index in [4.69, 9.17) is 10.8 Å². The summed E-state index contributed by atoms with van der Waals surface area (Å²) in [6.07, 6.45) is 1.75. The Morgan fingerprint density at radius 1 is 1.44 bits per heavy atom. The molecule has 0 radical (unpaired) electrons. The van der Waals surface area contributed by atoms with Crippen LogP contribution in [0, 0.1) is 8.99 Å². The zero-order chi connectivity index (χ0) is 11.8. The number of carboxylic acid groups (broad SMARTS) is 1. The van der Waals surface area contributed by atoms with Crippen molar-refractivity contribution in [1.82, 2.24) is 0 Å². The molecule has 1 unspecified atom stereocenters. The average molecular weight is 331 g/mol. The van der Waals surface area contributed by atoms with E-state index in [2.05, 4.69) is 40.8 Å². The van der Waals surface area contributed by atoms with E-state index in [0.29, 0.717) is 6.54 Å². The predicted molar refractivity (Wildman–Crippen MR) is 70.3 cm³/mol. The number of halogens is 1. The van der Waals surface area contributed by atoms with Gasteiger partial charge in [0.15, 0.2) is 0 Å². The minimum Gasteiger partial charge on any atom is -0.481 e. The summed E-state index contributed by atoms with van der Waals surface area (Å²) in [4.78, 5) is 10.9. The summed E-state index contributed by atoms with van der Waals surface area (Å²) in [5.74, 6) is -0.757. The molecule has 0 heterocycles. The van der Waals surface area contributed by atoms with Gasteiger partial charge >= 0.3 is 5.97 Å². The number of rotatable bonds is 3. The lowest BCUT2D eigenvalue weighted by Crippen LogP contribution is -2.33. The molecule has 1 aromatic carbocycles. The monoisotopic (exact) mass is 331 g/mol. The van der Waals surface area contributed by atoms with Crippen LogP contribution in [0.3, 0.4) is 0 Å². The minimum atomic E-state index is -0.757. The maximum Gasteiger partial charge on any atom is 0.303 e. The molecule has 1 aliphatic carbocycles. The highest BCUT2D eigenvalue weighted by Gasteiger charge is 2.37. The van der Waals surface area contributed by atoms with Gasteiger partial charge in [-0.25, -0.2) is 0 Å². The number of benzene rings is 1. The SMILES string of the molecule is NCC1(CC(=O)O)Cc2ccc(I)cc2C1. The van der Waals surface area contributed by atoms with Gasteiger partial charge in [-0.15, -0.1) is 0 Å². The van der Waals surface area contributed by atoms with Crippen molar-refractivity contribution < 1.29 is 9.90 Å². The summed E-state index contributed by atoms with van der Waals surface area (Å²) < 4.78 is 1.19. The Kier molecular flexibility index (Phi) is 3.21. The Morgan fingerprint density at radius 3 is 2.75 bits per heavy atom. The molecule has 3 N–H and O–H groups in total. The van der Waals surface area contributed by atoms with E-state index < -0.39 is 5.97 Å². The first-order chi connectivity index (χ1) is 7.54. The summed E-state index contributed by atoms with van der Waals surface area (Å²) in [7, 11) is 0. The van der Waals surface area contributed by atoms with Crippen LogP contribution in [0.25, 0.3) is 0 Å². The first kappa shape index (κ1) is 11.9. The minimum absolute atomic E-state index is 0.161. The quantitative estimate of drug-likeness (QED) is 0.831. The molecular formula is C12H14INO2. The van der Waals surface area contributed by atoms with Crippen molar-refractivity contribution in [2.75, 3.05) is 6.54 Å². The van der Waals surface area contributed by atoms with Crippen molar-refractivity contribution in [2.45, 2.75) is 19.3 Å². The maximum atomic E-state index is 10.9. The van der Waals surface area contributed by atoms with Crippen LogP contribution in [0.4, 0.5) is 0 Å². The standard InChI is InChI=1S/C12H14INO2/c13-10-2-1-8-4-12(7-14,6-11(15)16)5-9(8)3-10/h1-3H,4-7,14H2,(H,15,16). The van der Waals surface area contributed by atoms with E-state index in [9.17, 15) is 4.79 Å². The van der Waals surface area contributed by atoms with Gasteiger partial charge in [0.25, 0.3) is 0 Å². The molecule has 4 heteroatoms. The summed E-state index contributed by atoms with van der Waals surface area (Å²) in [6.45, 7) is 0.435. The van der Waals surface area contributed by atoms with Crippen LogP contribution in [-0.4, -0.2) is 17.6 Å². The fourth-order valence-corrected chi connectivity index (χ4v) is 3.02. The number of carboxylic acids is 1. The average Bonchev–Trinajstić information content (AvgIpc) is 2.54. The van der Waals surface area contributed by atoms with Crippen molar-refractivity contribution in [1.29, 1.82) is 0 Å². The molecule has 16 heavy (non-hydrogen) atoms. The van der Waals surface area contributed by atoms with Gasteiger partial charge in [0.1, 0.15) is 0 Å². The van der Waals surface area contributed by atoms with E-state index in [1.165, 1.54) is 14.7 Å². The maximum absolute atomic E-state index is 10.9. The van der Waals surface area contributed by atoms with Crippen LogP contribution in [0.1, 0.15) is 17.5 Å². The molecular weight excluding hydrogens is 317 g/mol. The third-order valence-corrected chi connectivity index (χ3v) is 3.93. The summed E-state index contributed by atoms with van der Waals surface area (Å²) in [5, 5.41) is 8.95. The first-order valence-corrected chi connectivity index (χ1v) is 6.32. The van der Waals surface area contributed by atoms with Gasteiger partial charge in [-0.1, -0.05) is 6.07 Å². The zero-order valence-electron chi connectivity index (χ0n) is 8.87. The second-order valence-electron chi connectivity index (χ2n) is 4.54. The number of carbonyl (C=O) groups is 1. The molecule has 0 fully saturated rings. The molecule has 0 saturated carbocycles. The molecule has 0 saturated heterocycles.